The van der Waals surface area contributed by atoms with Crippen molar-refractivity contribution in [1.29, 1.82) is 0 Å². The Hall–Kier alpha value is -0.950. The Kier molecular flexibility index (Phi) is 4.86. The molecule has 0 radical (unpaired) electrons. The summed E-state index contributed by atoms with van der Waals surface area (Å²) in [4.78, 5) is 0. The molecule has 0 fully saturated rings. The quantitative estimate of drug-likeness (QED) is 0.889. The van der Waals surface area contributed by atoms with Crippen molar-refractivity contribution in [1.82, 2.24) is 0 Å². The highest BCUT2D eigenvalue weighted by molar-refractivity contribution is 9.10. The third kappa shape index (κ3) is 4.06. The molecule has 0 aliphatic heterocycles. The standard InChI is InChI=1S/C11H13BrF3NO2/c1-18-9-5-6(12)4-7(10(9)17)8(16)2-3-11(13,14)15/h4-5,8,17H,2-3,16H2,1H3/t8-/m0/s1. The van der Waals surface area contributed by atoms with Gasteiger partial charge in [-0.3, -0.25) is 0 Å². The summed E-state index contributed by atoms with van der Waals surface area (Å²) in [7, 11) is 1.35. The summed E-state index contributed by atoms with van der Waals surface area (Å²) in [6.07, 6.45) is -5.55. The number of phenolic OH excluding ortho intramolecular Hbond substituents is 1. The number of phenols is 1. The first-order valence-electron chi connectivity index (χ1n) is 5.13. The van der Waals surface area contributed by atoms with Crippen LogP contribution < -0.4 is 10.5 Å². The van der Waals surface area contributed by atoms with E-state index < -0.39 is 18.6 Å². The number of methoxy groups -OCH3 is 1. The summed E-state index contributed by atoms with van der Waals surface area (Å²) in [6.45, 7) is 0. The van der Waals surface area contributed by atoms with Crippen LogP contribution in [0.1, 0.15) is 24.4 Å². The number of halogens is 4. The third-order valence-electron chi connectivity index (χ3n) is 2.43. The van der Waals surface area contributed by atoms with Gasteiger partial charge in [-0.15, -0.1) is 0 Å². The van der Waals surface area contributed by atoms with E-state index in [1.54, 1.807) is 0 Å². The summed E-state index contributed by atoms with van der Waals surface area (Å²) in [5.74, 6) is -0.0581. The molecule has 0 aliphatic carbocycles. The second-order valence-corrected chi connectivity index (χ2v) is 4.72. The SMILES string of the molecule is COc1cc(Br)cc([C@@H](N)CCC(F)(F)F)c1O. The number of aromatic hydroxyl groups is 1. The normalized spacial score (nSPS) is 13.4. The maximum absolute atomic E-state index is 12.1. The van der Waals surface area contributed by atoms with Gasteiger partial charge >= 0.3 is 6.18 Å². The van der Waals surface area contributed by atoms with E-state index in [1.165, 1.54) is 19.2 Å². The highest BCUT2D eigenvalue weighted by Crippen LogP contribution is 2.38. The van der Waals surface area contributed by atoms with Crippen LogP contribution in [-0.2, 0) is 0 Å². The fourth-order valence-corrected chi connectivity index (χ4v) is 1.96. The summed E-state index contributed by atoms with van der Waals surface area (Å²) in [5, 5.41) is 9.81. The zero-order valence-corrected chi connectivity index (χ0v) is 11.2. The molecule has 1 atom stereocenters. The Morgan fingerprint density at radius 1 is 1.44 bits per heavy atom. The number of hydrogen-bond acceptors (Lipinski definition) is 3. The Labute approximate surface area is 111 Å². The first kappa shape index (κ1) is 15.1. The molecule has 102 valence electrons. The van der Waals surface area contributed by atoms with Gasteiger partial charge in [-0.1, -0.05) is 15.9 Å². The number of rotatable bonds is 4. The Morgan fingerprint density at radius 3 is 2.56 bits per heavy atom. The molecular formula is C11H13BrF3NO2. The molecular weight excluding hydrogens is 315 g/mol. The summed E-state index contributed by atoms with van der Waals surface area (Å²) < 4.78 is 41.8. The molecule has 0 amide bonds. The molecule has 18 heavy (non-hydrogen) atoms. The molecule has 0 heterocycles. The maximum atomic E-state index is 12.1. The van der Waals surface area contributed by atoms with Crippen LogP contribution >= 0.6 is 15.9 Å². The van der Waals surface area contributed by atoms with Gasteiger partial charge in [-0.05, 0) is 18.6 Å². The van der Waals surface area contributed by atoms with Crippen LogP contribution in [-0.4, -0.2) is 18.4 Å². The average Bonchev–Trinajstić information content (AvgIpc) is 2.27. The van der Waals surface area contributed by atoms with Gasteiger partial charge in [-0.25, -0.2) is 0 Å². The average molecular weight is 328 g/mol. The van der Waals surface area contributed by atoms with Crippen LogP contribution in [0.4, 0.5) is 13.2 Å². The summed E-state index contributed by atoms with van der Waals surface area (Å²) in [6, 6.07) is 2.09. The Balaban J connectivity index is 2.91. The molecule has 1 aromatic carbocycles. The van der Waals surface area contributed by atoms with E-state index in [0.717, 1.165) is 0 Å². The number of benzene rings is 1. The smallest absolute Gasteiger partial charge is 0.389 e. The van der Waals surface area contributed by atoms with E-state index in [1.807, 2.05) is 0 Å². The van der Waals surface area contributed by atoms with Crippen molar-refractivity contribution in [3.05, 3.63) is 22.2 Å². The molecule has 1 rings (SSSR count). The predicted molar refractivity (Wildman–Crippen MR) is 64.6 cm³/mol. The minimum atomic E-state index is -4.26. The molecule has 1 aromatic rings. The molecule has 0 bridgehead atoms. The van der Waals surface area contributed by atoms with Crippen molar-refractivity contribution in [2.45, 2.75) is 25.1 Å². The van der Waals surface area contributed by atoms with Crippen LogP contribution in [0, 0.1) is 0 Å². The highest BCUT2D eigenvalue weighted by Gasteiger charge is 2.28. The van der Waals surface area contributed by atoms with Crippen molar-refractivity contribution >= 4 is 15.9 Å². The number of alkyl halides is 3. The monoisotopic (exact) mass is 327 g/mol. The van der Waals surface area contributed by atoms with Crippen molar-refractivity contribution in [3.63, 3.8) is 0 Å². The van der Waals surface area contributed by atoms with E-state index in [0.29, 0.717) is 4.47 Å². The zero-order chi connectivity index (χ0) is 13.9. The van der Waals surface area contributed by atoms with Crippen molar-refractivity contribution < 1.29 is 23.0 Å². The van der Waals surface area contributed by atoms with Gasteiger partial charge in [0.15, 0.2) is 11.5 Å². The lowest BCUT2D eigenvalue weighted by Crippen LogP contribution is -2.16. The molecule has 0 unspecified atom stereocenters. The lowest BCUT2D eigenvalue weighted by Gasteiger charge is -2.17. The van der Waals surface area contributed by atoms with Crippen molar-refractivity contribution in [3.8, 4) is 11.5 Å². The third-order valence-corrected chi connectivity index (χ3v) is 2.89. The fourth-order valence-electron chi connectivity index (χ4n) is 1.51. The second kappa shape index (κ2) is 5.79. The molecule has 0 saturated carbocycles. The molecule has 7 heteroatoms. The van der Waals surface area contributed by atoms with E-state index in [2.05, 4.69) is 15.9 Å². The second-order valence-electron chi connectivity index (χ2n) is 3.81. The number of nitrogens with two attached hydrogens (primary N) is 1. The summed E-state index contributed by atoms with van der Waals surface area (Å²) in [5.41, 5.74) is 5.89. The van der Waals surface area contributed by atoms with E-state index >= 15 is 0 Å². The van der Waals surface area contributed by atoms with Gasteiger partial charge in [0, 0.05) is 22.5 Å². The highest BCUT2D eigenvalue weighted by atomic mass is 79.9. The Bertz CT molecular complexity index is 423. The predicted octanol–water partition coefficient (Wildman–Crippen LogP) is 3.51. The van der Waals surface area contributed by atoms with Crippen LogP contribution in [0.2, 0.25) is 0 Å². The minimum Gasteiger partial charge on any atom is -0.504 e. The van der Waals surface area contributed by atoms with Gasteiger partial charge in [0.05, 0.1) is 7.11 Å². The molecule has 0 aliphatic rings. The molecule has 3 N–H and O–H groups in total. The molecule has 0 aromatic heterocycles. The van der Waals surface area contributed by atoms with Crippen molar-refractivity contribution in [2.75, 3.05) is 7.11 Å². The fraction of sp³-hybridized carbons (Fsp3) is 0.455. The lowest BCUT2D eigenvalue weighted by atomic mass is 10.0. The maximum Gasteiger partial charge on any atom is 0.389 e. The zero-order valence-electron chi connectivity index (χ0n) is 9.59. The van der Waals surface area contributed by atoms with Gasteiger partial charge in [-0.2, -0.15) is 13.2 Å². The van der Waals surface area contributed by atoms with E-state index in [4.69, 9.17) is 10.5 Å². The number of ether oxygens (including phenoxy) is 1. The van der Waals surface area contributed by atoms with Gasteiger partial charge in [0.1, 0.15) is 0 Å². The first-order chi connectivity index (χ1) is 8.24. The summed E-state index contributed by atoms with van der Waals surface area (Å²) >= 11 is 3.18. The lowest BCUT2D eigenvalue weighted by molar-refractivity contribution is -0.136. The van der Waals surface area contributed by atoms with E-state index in [-0.39, 0.29) is 23.5 Å². The molecule has 0 spiro atoms. The van der Waals surface area contributed by atoms with Crippen LogP contribution in [0.5, 0.6) is 11.5 Å². The van der Waals surface area contributed by atoms with Gasteiger partial charge < -0.3 is 15.6 Å². The first-order valence-corrected chi connectivity index (χ1v) is 5.92. The van der Waals surface area contributed by atoms with Crippen molar-refractivity contribution in [2.24, 2.45) is 5.73 Å². The topological polar surface area (TPSA) is 55.5 Å². The van der Waals surface area contributed by atoms with Crippen LogP contribution in [0.15, 0.2) is 16.6 Å². The van der Waals surface area contributed by atoms with Crippen LogP contribution in [0.25, 0.3) is 0 Å². The molecule has 0 saturated heterocycles. The largest absolute Gasteiger partial charge is 0.504 e. The number of hydrogen-bond donors (Lipinski definition) is 2. The van der Waals surface area contributed by atoms with Gasteiger partial charge in [0.2, 0.25) is 0 Å². The van der Waals surface area contributed by atoms with Crippen LogP contribution in [0.3, 0.4) is 0 Å². The van der Waals surface area contributed by atoms with Gasteiger partial charge in [0.25, 0.3) is 0 Å². The molecule has 3 nitrogen and oxygen atoms in total. The van der Waals surface area contributed by atoms with E-state index in [9.17, 15) is 18.3 Å². The Morgan fingerprint density at radius 2 is 2.06 bits per heavy atom. The minimum absolute atomic E-state index is 0.168.